The third-order valence-electron chi connectivity index (χ3n) is 4.98. The Morgan fingerprint density at radius 1 is 0.769 bits per heavy atom. The van der Waals surface area contributed by atoms with Crippen LogP contribution in [0.25, 0.3) is 0 Å². The molecule has 0 fully saturated rings. The second kappa shape index (κ2) is 7.95. The Hall–Kier alpha value is -2.95. The quantitative estimate of drug-likeness (QED) is 0.504. The zero-order valence-electron chi connectivity index (χ0n) is 16.2. The Kier molecular flexibility index (Phi) is 5.93. The summed E-state index contributed by atoms with van der Waals surface area (Å²) in [5.41, 5.74) is 10.5. The van der Waals surface area contributed by atoms with Gasteiger partial charge in [-0.1, -0.05) is 18.2 Å². The summed E-state index contributed by atoms with van der Waals surface area (Å²) in [4.78, 5) is 24.0. The molecule has 0 atom stereocenters. The average molecular weight is 351 g/mol. The van der Waals surface area contributed by atoms with Crippen LogP contribution >= 0.6 is 0 Å². The highest BCUT2D eigenvalue weighted by Gasteiger charge is 2.15. The van der Waals surface area contributed by atoms with E-state index in [9.17, 15) is 9.59 Å². The smallest absolute Gasteiger partial charge is 0.317 e. The lowest BCUT2D eigenvalue weighted by Gasteiger charge is -2.11. The number of hydrazone groups is 1. The van der Waals surface area contributed by atoms with Crippen LogP contribution in [0.5, 0.6) is 0 Å². The number of anilines is 1. The fraction of sp³-hybridized carbons (Fsp3) is 0.286. The van der Waals surface area contributed by atoms with Gasteiger partial charge in [-0.2, -0.15) is 5.10 Å². The molecule has 0 saturated heterocycles. The van der Waals surface area contributed by atoms with Crippen LogP contribution in [0.3, 0.4) is 0 Å². The van der Waals surface area contributed by atoms with Crippen LogP contribution in [0.2, 0.25) is 0 Å². The molecule has 2 rings (SSSR count). The first-order valence-electron chi connectivity index (χ1n) is 8.50. The van der Waals surface area contributed by atoms with Crippen LogP contribution < -0.4 is 10.7 Å². The van der Waals surface area contributed by atoms with Crippen LogP contribution in [-0.4, -0.2) is 18.0 Å². The molecule has 0 saturated carbocycles. The van der Waals surface area contributed by atoms with E-state index in [4.69, 9.17) is 0 Å². The van der Waals surface area contributed by atoms with E-state index in [0.717, 1.165) is 27.8 Å². The molecule has 26 heavy (non-hydrogen) atoms. The number of hydrogen-bond acceptors (Lipinski definition) is 3. The van der Waals surface area contributed by atoms with Gasteiger partial charge in [0, 0.05) is 5.69 Å². The van der Waals surface area contributed by atoms with E-state index in [1.54, 1.807) is 12.3 Å². The summed E-state index contributed by atoms with van der Waals surface area (Å²) < 4.78 is 0. The first-order chi connectivity index (χ1) is 12.2. The molecule has 136 valence electrons. The van der Waals surface area contributed by atoms with Crippen molar-refractivity contribution in [2.45, 2.75) is 41.5 Å². The Morgan fingerprint density at radius 3 is 2.00 bits per heavy atom. The molecule has 0 unspecified atom stereocenters. The maximum Gasteiger partial charge on any atom is 0.329 e. The van der Waals surface area contributed by atoms with Crippen LogP contribution in [0.1, 0.15) is 38.9 Å². The number of rotatable bonds is 3. The van der Waals surface area contributed by atoms with Crippen molar-refractivity contribution in [1.82, 2.24) is 5.43 Å². The van der Waals surface area contributed by atoms with Crippen LogP contribution in [0.4, 0.5) is 5.69 Å². The predicted molar refractivity (Wildman–Crippen MR) is 106 cm³/mol. The van der Waals surface area contributed by atoms with Crippen LogP contribution in [0.15, 0.2) is 29.4 Å². The van der Waals surface area contributed by atoms with Gasteiger partial charge in [-0.15, -0.1) is 0 Å². The van der Waals surface area contributed by atoms with Gasteiger partial charge in [-0.25, -0.2) is 5.43 Å². The van der Waals surface area contributed by atoms with Gasteiger partial charge in [0.1, 0.15) is 0 Å². The first-order valence-corrected chi connectivity index (χ1v) is 8.50. The number of nitrogens with zero attached hydrogens (tertiary/aromatic N) is 1. The molecular weight excluding hydrogens is 326 g/mol. The van der Waals surface area contributed by atoms with Crippen molar-refractivity contribution in [3.05, 3.63) is 63.2 Å². The Morgan fingerprint density at radius 2 is 1.35 bits per heavy atom. The van der Waals surface area contributed by atoms with Crippen molar-refractivity contribution < 1.29 is 9.59 Å². The van der Waals surface area contributed by atoms with Crippen molar-refractivity contribution >= 4 is 23.7 Å². The third-order valence-corrected chi connectivity index (χ3v) is 4.98. The molecule has 5 nitrogen and oxygen atoms in total. The van der Waals surface area contributed by atoms with Gasteiger partial charge in [0.25, 0.3) is 0 Å². The molecule has 2 amide bonds. The molecular formula is C21H25N3O2. The summed E-state index contributed by atoms with van der Waals surface area (Å²) in [5.74, 6) is -1.55. The summed E-state index contributed by atoms with van der Waals surface area (Å²) in [7, 11) is 0. The minimum Gasteiger partial charge on any atom is -0.317 e. The third kappa shape index (κ3) is 4.17. The number of nitrogens with one attached hydrogen (secondary N) is 2. The van der Waals surface area contributed by atoms with Gasteiger partial charge in [0.15, 0.2) is 0 Å². The van der Waals surface area contributed by atoms with E-state index in [1.165, 1.54) is 11.1 Å². The van der Waals surface area contributed by atoms with Gasteiger partial charge in [0.05, 0.1) is 6.21 Å². The lowest BCUT2D eigenvalue weighted by Crippen LogP contribution is -2.32. The summed E-state index contributed by atoms with van der Waals surface area (Å²) in [6, 6.07) is 7.65. The SMILES string of the molecule is Cc1ccc(/C=N\NC(=O)C(=O)Nc2ccc(C)c(C)c2C)c(C)c1C. The van der Waals surface area contributed by atoms with E-state index >= 15 is 0 Å². The van der Waals surface area contributed by atoms with Gasteiger partial charge in [-0.3, -0.25) is 9.59 Å². The Balaban J connectivity index is 2.03. The predicted octanol–water partition coefficient (Wildman–Crippen LogP) is 3.63. The number of amides is 2. The van der Waals surface area contributed by atoms with Crippen molar-refractivity contribution in [1.29, 1.82) is 0 Å². The molecule has 0 aliphatic carbocycles. The minimum absolute atomic E-state index is 0.627. The highest BCUT2D eigenvalue weighted by molar-refractivity contribution is 6.39. The largest absolute Gasteiger partial charge is 0.329 e. The maximum atomic E-state index is 12.1. The highest BCUT2D eigenvalue weighted by atomic mass is 16.2. The highest BCUT2D eigenvalue weighted by Crippen LogP contribution is 2.21. The molecule has 0 aliphatic rings. The van der Waals surface area contributed by atoms with E-state index in [2.05, 4.69) is 15.8 Å². The second-order valence-corrected chi connectivity index (χ2v) is 6.55. The molecule has 0 aromatic heterocycles. The Bertz CT molecular complexity index is 899. The topological polar surface area (TPSA) is 70.6 Å². The maximum absolute atomic E-state index is 12.1. The summed E-state index contributed by atoms with van der Waals surface area (Å²) in [5, 5.41) is 6.53. The normalized spacial score (nSPS) is 10.8. The minimum atomic E-state index is -0.805. The molecule has 0 bridgehead atoms. The molecule has 2 N–H and O–H groups in total. The second-order valence-electron chi connectivity index (χ2n) is 6.55. The fourth-order valence-electron chi connectivity index (χ4n) is 2.60. The van der Waals surface area contributed by atoms with Crippen molar-refractivity contribution in [2.75, 3.05) is 5.32 Å². The van der Waals surface area contributed by atoms with Crippen LogP contribution in [0, 0.1) is 41.5 Å². The number of carbonyl (C=O) groups is 2. The number of aryl methyl sites for hydroxylation is 2. The number of hydrogen-bond donors (Lipinski definition) is 2. The van der Waals surface area contributed by atoms with E-state index in [0.29, 0.717) is 5.69 Å². The monoisotopic (exact) mass is 351 g/mol. The molecule has 0 aliphatic heterocycles. The summed E-state index contributed by atoms with van der Waals surface area (Å²) in [6.45, 7) is 12.0. The van der Waals surface area contributed by atoms with Crippen molar-refractivity contribution in [3.63, 3.8) is 0 Å². The molecule has 0 spiro atoms. The van der Waals surface area contributed by atoms with Crippen LogP contribution in [-0.2, 0) is 9.59 Å². The lowest BCUT2D eigenvalue weighted by atomic mass is 10.00. The Labute approximate surface area is 154 Å². The van der Waals surface area contributed by atoms with E-state index < -0.39 is 11.8 Å². The lowest BCUT2D eigenvalue weighted by molar-refractivity contribution is -0.136. The van der Waals surface area contributed by atoms with Gasteiger partial charge >= 0.3 is 11.8 Å². The van der Waals surface area contributed by atoms with E-state index in [1.807, 2.05) is 59.7 Å². The average Bonchev–Trinajstić information content (AvgIpc) is 2.62. The van der Waals surface area contributed by atoms with Gasteiger partial charge < -0.3 is 5.32 Å². The molecule has 2 aromatic carbocycles. The molecule has 5 heteroatoms. The zero-order chi connectivity index (χ0) is 19.4. The van der Waals surface area contributed by atoms with Gasteiger partial charge in [0.2, 0.25) is 0 Å². The summed E-state index contributed by atoms with van der Waals surface area (Å²) >= 11 is 0. The first kappa shape index (κ1) is 19.4. The molecule has 0 radical (unpaired) electrons. The van der Waals surface area contributed by atoms with E-state index in [-0.39, 0.29) is 0 Å². The fourth-order valence-corrected chi connectivity index (χ4v) is 2.60. The number of carbonyl (C=O) groups excluding carboxylic acids is 2. The van der Waals surface area contributed by atoms with Crippen molar-refractivity contribution in [2.24, 2.45) is 5.10 Å². The molecule has 2 aromatic rings. The standard InChI is InChI=1S/C21H25N3O2/c1-12-7-9-18(16(5)14(12)3)11-22-24-21(26)20(25)23-19-10-8-13(2)15(4)17(19)6/h7-11H,1-6H3,(H,23,25)(H,24,26)/b22-11-. The zero-order valence-corrected chi connectivity index (χ0v) is 16.2. The summed E-state index contributed by atoms with van der Waals surface area (Å²) in [6.07, 6.45) is 1.55. The molecule has 0 heterocycles. The van der Waals surface area contributed by atoms with Crippen molar-refractivity contribution in [3.8, 4) is 0 Å². The van der Waals surface area contributed by atoms with Gasteiger partial charge in [-0.05, 0) is 86.6 Å². The number of benzene rings is 2.